The Morgan fingerprint density at radius 2 is 1.57 bits per heavy atom. The zero-order valence-corrected chi connectivity index (χ0v) is 20.2. The highest BCUT2D eigenvalue weighted by molar-refractivity contribution is 5.28. The Balaban J connectivity index is 0.000000230. The van der Waals surface area contributed by atoms with E-state index in [0.717, 1.165) is 24.6 Å². The van der Waals surface area contributed by atoms with E-state index in [1.54, 1.807) is 7.11 Å². The number of likely N-dealkylation sites (tertiary alicyclic amines) is 1. The standard InChI is InChI=1S/C11H23N.C9H12O.C8H10/c1-3-4-5-6-8-11-9-7-10-12(11)2;1-3-8-5-4-6-9(7-8)10-2;1-2-8-6-4-3-5-7-8/h11H,3-10H2,1-2H3;4-7H,3H2,1-2H3;3-7H,2H2,1H3. The molecule has 1 fully saturated rings. The summed E-state index contributed by atoms with van der Waals surface area (Å²) in [5.74, 6) is 0.944. The molecule has 1 saturated heterocycles. The number of nitrogens with zero attached hydrogens (tertiary/aromatic N) is 1. The Bertz CT molecular complexity index is 621. The normalized spacial score (nSPS) is 15.6. The number of aryl methyl sites for hydroxylation is 2. The predicted octanol–water partition coefficient (Wildman–Crippen LogP) is 7.56. The van der Waals surface area contributed by atoms with Crippen LogP contribution in [0.3, 0.4) is 0 Å². The Hall–Kier alpha value is -1.80. The molecule has 2 aromatic carbocycles. The molecule has 0 aromatic heterocycles. The van der Waals surface area contributed by atoms with Crippen LogP contribution in [-0.2, 0) is 12.8 Å². The van der Waals surface area contributed by atoms with Gasteiger partial charge < -0.3 is 9.64 Å². The summed E-state index contributed by atoms with van der Waals surface area (Å²) in [6.45, 7) is 7.91. The second-order valence-corrected chi connectivity index (χ2v) is 8.17. The SMILES string of the molecule is CCCCCCC1CCCN1C.CCc1cccc(OC)c1.CCc1ccccc1. The van der Waals surface area contributed by atoms with E-state index in [-0.39, 0.29) is 0 Å². The first kappa shape index (κ1) is 26.2. The van der Waals surface area contributed by atoms with E-state index in [1.807, 2.05) is 18.2 Å². The maximum Gasteiger partial charge on any atom is 0.119 e. The van der Waals surface area contributed by atoms with Crippen molar-refractivity contribution in [3.8, 4) is 5.75 Å². The summed E-state index contributed by atoms with van der Waals surface area (Å²) in [6.07, 6.45) is 12.2. The van der Waals surface area contributed by atoms with Crippen LogP contribution in [-0.4, -0.2) is 31.6 Å². The number of hydrogen-bond donors (Lipinski definition) is 0. The van der Waals surface area contributed by atoms with Crippen molar-refractivity contribution < 1.29 is 4.74 Å². The van der Waals surface area contributed by atoms with Crippen molar-refractivity contribution in [1.29, 1.82) is 0 Å². The fraction of sp³-hybridized carbons (Fsp3) is 0.571. The van der Waals surface area contributed by atoms with Gasteiger partial charge in [-0.05, 0) is 69.0 Å². The molecular formula is C28H45NO. The van der Waals surface area contributed by atoms with Gasteiger partial charge in [0.1, 0.15) is 5.75 Å². The van der Waals surface area contributed by atoms with Gasteiger partial charge in [0.25, 0.3) is 0 Å². The average molecular weight is 412 g/mol. The first-order valence-electron chi connectivity index (χ1n) is 12.0. The van der Waals surface area contributed by atoms with Gasteiger partial charge in [0.2, 0.25) is 0 Å². The molecule has 1 atom stereocenters. The summed E-state index contributed by atoms with van der Waals surface area (Å²) < 4.78 is 5.06. The van der Waals surface area contributed by atoms with Crippen LogP contribution in [0.1, 0.15) is 76.8 Å². The summed E-state index contributed by atoms with van der Waals surface area (Å²) >= 11 is 0. The van der Waals surface area contributed by atoms with Crippen LogP contribution in [0.5, 0.6) is 5.75 Å². The Morgan fingerprint density at radius 3 is 2.10 bits per heavy atom. The van der Waals surface area contributed by atoms with E-state index in [9.17, 15) is 0 Å². The number of methoxy groups -OCH3 is 1. The molecule has 1 aliphatic heterocycles. The minimum Gasteiger partial charge on any atom is -0.497 e. The summed E-state index contributed by atoms with van der Waals surface area (Å²) in [5, 5.41) is 0. The number of rotatable bonds is 8. The highest BCUT2D eigenvalue weighted by Gasteiger charge is 2.19. The number of unbranched alkanes of at least 4 members (excludes halogenated alkanes) is 3. The molecule has 0 bridgehead atoms. The third-order valence-corrected chi connectivity index (χ3v) is 5.86. The molecule has 0 saturated carbocycles. The lowest BCUT2D eigenvalue weighted by Gasteiger charge is -2.18. The zero-order valence-electron chi connectivity index (χ0n) is 20.2. The van der Waals surface area contributed by atoms with Crippen molar-refractivity contribution in [2.24, 2.45) is 0 Å². The van der Waals surface area contributed by atoms with Crippen molar-refractivity contribution in [3.05, 3.63) is 65.7 Å². The zero-order chi connectivity index (χ0) is 22.0. The predicted molar refractivity (Wildman–Crippen MR) is 133 cm³/mol. The lowest BCUT2D eigenvalue weighted by Crippen LogP contribution is -2.24. The summed E-state index contributed by atoms with van der Waals surface area (Å²) in [5.41, 5.74) is 2.73. The van der Waals surface area contributed by atoms with Crippen LogP contribution in [0.2, 0.25) is 0 Å². The van der Waals surface area contributed by atoms with E-state index < -0.39 is 0 Å². The van der Waals surface area contributed by atoms with E-state index in [2.05, 4.69) is 69.1 Å². The number of benzene rings is 2. The maximum absolute atomic E-state index is 5.06. The van der Waals surface area contributed by atoms with Crippen LogP contribution in [0, 0.1) is 0 Å². The summed E-state index contributed by atoms with van der Waals surface area (Å²) in [7, 11) is 3.96. The third kappa shape index (κ3) is 11.4. The first-order valence-corrected chi connectivity index (χ1v) is 12.0. The fourth-order valence-electron chi connectivity index (χ4n) is 3.76. The molecule has 168 valence electrons. The van der Waals surface area contributed by atoms with Crippen molar-refractivity contribution in [2.45, 2.75) is 84.6 Å². The molecule has 0 N–H and O–H groups in total. The number of hydrogen-bond acceptors (Lipinski definition) is 2. The first-order chi connectivity index (χ1) is 14.6. The van der Waals surface area contributed by atoms with E-state index in [4.69, 9.17) is 4.74 Å². The van der Waals surface area contributed by atoms with Gasteiger partial charge in [-0.25, -0.2) is 0 Å². The smallest absolute Gasteiger partial charge is 0.119 e. The number of ether oxygens (including phenoxy) is 1. The molecule has 2 nitrogen and oxygen atoms in total. The van der Waals surface area contributed by atoms with Gasteiger partial charge >= 0.3 is 0 Å². The lowest BCUT2D eigenvalue weighted by atomic mass is 10.1. The Morgan fingerprint density at radius 1 is 0.867 bits per heavy atom. The van der Waals surface area contributed by atoms with Crippen LogP contribution < -0.4 is 4.74 Å². The van der Waals surface area contributed by atoms with E-state index in [0.29, 0.717) is 0 Å². The van der Waals surface area contributed by atoms with Crippen LogP contribution in [0.15, 0.2) is 54.6 Å². The van der Waals surface area contributed by atoms with Gasteiger partial charge in [0.15, 0.2) is 0 Å². The molecule has 2 aromatic rings. The molecule has 0 radical (unpaired) electrons. The fourth-order valence-corrected chi connectivity index (χ4v) is 3.76. The maximum atomic E-state index is 5.06. The van der Waals surface area contributed by atoms with Crippen LogP contribution in [0.25, 0.3) is 0 Å². The summed E-state index contributed by atoms with van der Waals surface area (Å²) in [4.78, 5) is 2.53. The molecule has 30 heavy (non-hydrogen) atoms. The quantitative estimate of drug-likeness (QED) is 0.416. The van der Waals surface area contributed by atoms with Crippen molar-refractivity contribution in [3.63, 3.8) is 0 Å². The molecule has 2 heteroatoms. The van der Waals surface area contributed by atoms with E-state index in [1.165, 1.54) is 62.6 Å². The van der Waals surface area contributed by atoms with Gasteiger partial charge in [0, 0.05) is 6.04 Å². The monoisotopic (exact) mass is 411 g/mol. The highest BCUT2D eigenvalue weighted by Crippen LogP contribution is 2.20. The van der Waals surface area contributed by atoms with Crippen molar-refractivity contribution >= 4 is 0 Å². The Labute approximate surface area is 186 Å². The van der Waals surface area contributed by atoms with Gasteiger partial charge in [-0.2, -0.15) is 0 Å². The molecule has 1 aliphatic rings. The molecule has 0 spiro atoms. The average Bonchev–Trinajstić information content (AvgIpc) is 3.22. The minimum atomic E-state index is 0.918. The largest absolute Gasteiger partial charge is 0.497 e. The summed E-state index contributed by atoms with van der Waals surface area (Å²) in [6, 6.07) is 19.5. The third-order valence-electron chi connectivity index (χ3n) is 5.86. The van der Waals surface area contributed by atoms with Gasteiger partial charge in [-0.15, -0.1) is 0 Å². The van der Waals surface area contributed by atoms with Crippen LogP contribution >= 0.6 is 0 Å². The molecule has 1 unspecified atom stereocenters. The van der Waals surface area contributed by atoms with Crippen LogP contribution in [0.4, 0.5) is 0 Å². The molecule has 0 amide bonds. The topological polar surface area (TPSA) is 12.5 Å². The highest BCUT2D eigenvalue weighted by atomic mass is 16.5. The second kappa shape index (κ2) is 16.9. The van der Waals surface area contributed by atoms with Gasteiger partial charge in [0.05, 0.1) is 7.11 Å². The van der Waals surface area contributed by atoms with Gasteiger partial charge in [-0.3, -0.25) is 0 Å². The Kier molecular flexibility index (Phi) is 14.8. The van der Waals surface area contributed by atoms with Crippen molar-refractivity contribution in [1.82, 2.24) is 4.90 Å². The van der Waals surface area contributed by atoms with Gasteiger partial charge in [-0.1, -0.05) is 88.9 Å². The lowest BCUT2D eigenvalue weighted by molar-refractivity contribution is 0.289. The minimum absolute atomic E-state index is 0.918. The molecule has 0 aliphatic carbocycles. The second-order valence-electron chi connectivity index (χ2n) is 8.17. The van der Waals surface area contributed by atoms with E-state index >= 15 is 0 Å². The molecule has 1 heterocycles. The molecule has 3 rings (SSSR count). The van der Waals surface area contributed by atoms with Crippen molar-refractivity contribution in [2.75, 3.05) is 20.7 Å². The molecular weight excluding hydrogens is 366 g/mol.